The van der Waals surface area contributed by atoms with Gasteiger partial charge in [-0.3, -0.25) is 19.4 Å². The molecule has 14 heteroatoms. The number of nitrogens with zero attached hydrogens (tertiary/aromatic N) is 1. The second kappa shape index (κ2) is 13.9. The van der Waals surface area contributed by atoms with Gasteiger partial charge in [0.1, 0.15) is 18.1 Å². The van der Waals surface area contributed by atoms with E-state index in [0.717, 1.165) is 0 Å². The minimum absolute atomic E-state index is 0.0767. The topological polar surface area (TPSA) is 215 Å². The molecule has 0 radical (unpaired) electrons. The number of carbonyl (C=O) groups excluding carboxylic acids is 3. The van der Waals surface area contributed by atoms with Crippen molar-refractivity contribution in [2.75, 3.05) is 18.1 Å². The van der Waals surface area contributed by atoms with Crippen LogP contribution < -0.4 is 33.2 Å². The molecular weight excluding hydrogens is 422 g/mol. The Morgan fingerprint density at radius 3 is 2.03 bits per heavy atom. The first-order chi connectivity index (χ1) is 13.5. The van der Waals surface area contributed by atoms with E-state index in [4.69, 9.17) is 22.3 Å². The monoisotopic (exact) mass is 451 g/mol. The number of guanidine groups is 1. The second-order valence-electron chi connectivity index (χ2n) is 6.11. The highest BCUT2D eigenvalue weighted by Crippen LogP contribution is 2.01. The van der Waals surface area contributed by atoms with Gasteiger partial charge in [-0.2, -0.15) is 25.3 Å². The maximum Gasteiger partial charge on any atom is 0.327 e. The van der Waals surface area contributed by atoms with Gasteiger partial charge < -0.3 is 38.3 Å². The molecule has 0 rings (SSSR count). The average molecular weight is 452 g/mol. The van der Waals surface area contributed by atoms with Crippen LogP contribution in [0.4, 0.5) is 0 Å². The Kier molecular flexibility index (Phi) is 12.8. The Morgan fingerprint density at radius 2 is 1.55 bits per heavy atom. The number of carboxylic acid groups (broad SMARTS) is 1. The van der Waals surface area contributed by atoms with Crippen LogP contribution in [0, 0.1) is 0 Å². The Morgan fingerprint density at radius 1 is 0.966 bits per heavy atom. The summed E-state index contributed by atoms with van der Waals surface area (Å²) in [5.74, 6) is -3.33. The van der Waals surface area contributed by atoms with E-state index in [2.05, 4.69) is 46.2 Å². The zero-order valence-electron chi connectivity index (χ0n) is 16.0. The number of aliphatic carboxylic acids is 1. The summed E-state index contributed by atoms with van der Waals surface area (Å²) in [5, 5.41) is 16.1. The summed E-state index contributed by atoms with van der Waals surface area (Å²) in [7, 11) is 0. The highest BCUT2D eigenvalue weighted by atomic mass is 32.1. The number of nitrogens with one attached hydrogen (secondary N) is 3. The molecule has 10 N–H and O–H groups in total. The SMILES string of the molecule is CC(NC(=O)C(CCCN=C(N)N)NC(=O)C(N)CS)C(=O)NC(CS)C(=O)O. The molecule has 0 aliphatic heterocycles. The molecule has 0 aromatic rings. The normalized spacial score (nSPS) is 14.6. The van der Waals surface area contributed by atoms with Gasteiger partial charge in [0.2, 0.25) is 17.7 Å². The fraction of sp³-hybridized carbons (Fsp3) is 0.667. The molecule has 0 saturated carbocycles. The van der Waals surface area contributed by atoms with Crippen LogP contribution in [0.3, 0.4) is 0 Å². The summed E-state index contributed by atoms with van der Waals surface area (Å²) >= 11 is 7.79. The molecule has 166 valence electrons. The van der Waals surface area contributed by atoms with Gasteiger partial charge in [-0.15, -0.1) is 0 Å². The van der Waals surface area contributed by atoms with Crippen LogP contribution in [0.2, 0.25) is 0 Å². The van der Waals surface area contributed by atoms with Crippen molar-refractivity contribution < 1.29 is 24.3 Å². The number of aliphatic imine (C=N–C) groups is 1. The van der Waals surface area contributed by atoms with Crippen LogP contribution in [-0.2, 0) is 19.2 Å². The molecule has 0 aliphatic carbocycles. The maximum atomic E-state index is 12.5. The zero-order chi connectivity index (χ0) is 22.6. The average Bonchev–Trinajstić information content (AvgIpc) is 2.66. The number of rotatable bonds is 13. The van der Waals surface area contributed by atoms with E-state index in [-0.39, 0.29) is 30.4 Å². The van der Waals surface area contributed by atoms with Gasteiger partial charge in [-0.05, 0) is 19.8 Å². The van der Waals surface area contributed by atoms with Crippen LogP contribution in [0.5, 0.6) is 0 Å². The maximum absolute atomic E-state index is 12.5. The van der Waals surface area contributed by atoms with Crippen LogP contribution >= 0.6 is 25.3 Å². The fourth-order valence-corrected chi connectivity index (χ4v) is 2.41. The summed E-state index contributed by atoms with van der Waals surface area (Å²) in [5.41, 5.74) is 16.1. The van der Waals surface area contributed by atoms with Crippen LogP contribution in [-0.4, -0.2) is 77.0 Å². The molecule has 3 amide bonds. The molecule has 0 bridgehead atoms. The van der Waals surface area contributed by atoms with Crippen LogP contribution in [0.1, 0.15) is 19.8 Å². The first-order valence-corrected chi connectivity index (χ1v) is 9.96. The van der Waals surface area contributed by atoms with Crippen molar-refractivity contribution in [1.29, 1.82) is 0 Å². The Balaban J connectivity index is 5.01. The summed E-state index contributed by atoms with van der Waals surface area (Å²) in [6.07, 6.45) is 0.546. The van der Waals surface area contributed by atoms with Crippen molar-refractivity contribution in [1.82, 2.24) is 16.0 Å². The Bertz CT molecular complexity index is 616. The molecule has 0 aromatic heterocycles. The summed E-state index contributed by atoms with van der Waals surface area (Å²) in [6.45, 7) is 1.61. The minimum Gasteiger partial charge on any atom is -0.480 e. The minimum atomic E-state index is -1.25. The fourth-order valence-electron chi connectivity index (χ4n) is 2.00. The Hall–Kier alpha value is -2.19. The van der Waals surface area contributed by atoms with Crippen molar-refractivity contribution in [2.45, 2.75) is 43.9 Å². The molecule has 0 fully saturated rings. The summed E-state index contributed by atoms with van der Waals surface area (Å²) < 4.78 is 0. The molecule has 29 heavy (non-hydrogen) atoms. The van der Waals surface area contributed by atoms with E-state index in [1.54, 1.807) is 0 Å². The van der Waals surface area contributed by atoms with Gasteiger partial charge in [-0.25, -0.2) is 4.79 Å². The van der Waals surface area contributed by atoms with Gasteiger partial charge in [0, 0.05) is 18.1 Å². The molecule has 4 unspecified atom stereocenters. The predicted molar refractivity (Wildman–Crippen MR) is 115 cm³/mol. The zero-order valence-corrected chi connectivity index (χ0v) is 17.8. The number of carboxylic acids is 1. The lowest BCUT2D eigenvalue weighted by Crippen LogP contribution is -2.56. The van der Waals surface area contributed by atoms with E-state index in [9.17, 15) is 19.2 Å². The largest absolute Gasteiger partial charge is 0.480 e. The first-order valence-electron chi connectivity index (χ1n) is 8.70. The number of hydrogen-bond donors (Lipinski definition) is 9. The van der Waals surface area contributed by atoms with E-state index in [1.165, 1.54) is 6.92 Å². The Labute approximate surface area is 179 Å². The number of carbonyl (C=O) groups is 4. The van der Waals surface area contributed by atoms with Crippen molar-refractivity contribution >= 4 is 54.9 Å². The van der Waals surface area contributed by atoms with Crippen molar-refractivity contribution in [3.63, 3.8) is 0 Å². The number of thiol groups is 2. The van der Waals surface area contributed by atoms with Crippen LogP contribution in [0.25, 0.3) is 0 Å². The van der Waals surface area contributed by atoms with Gasteiger partial charge in [-0.1, -0.05) is 0 Å². The van der Waals surface area contributed by atoms with Crippen molar-refractivity contribution in [2.24, 2.45) is 22.2 Å². The standard InChI is InChI=1S/C15H29N7O5S2/c1-7(11(23)22-10(6-29)14(26)27)20-13(25)9(3-2-4-19-15(17)18)21-12(24)8(16)5-28/h7-10,28-29H,2-6,16H2,1H3,(H,20,25)(H,21,24)(H,22,23)(H,26,27)(H4,17,18,19). The molecule has 0 aliphatic rings. The van der Waals surface area contributed by atoms with Crippen molar-refractivity contribution in [3.05, 3.63) is 0 Å². The molecule has 4 atom stereocenters. The van der Waals surface area contributed by atoms with Gasteiger partial charge in [0.05, 0.1) is 6.04 Å². The van der Waals surface area contributed by atoms with Crippen LogP contribution in [0.15, 0.2) is 4.99 Å². The number of hydrogen-bond acceptors (Lipinski definition) is 8. The molecular formula is C15H29N7O5S2. The third-order valence-electron chi connectivity index (χ3n) is 3.66. The number of nitrogens with two attached hydrogens (primary N) is 3. The third kappa shape index (κ3) is 10.8. The molecule has 0 spiro atoms. The van der Waals surface area contributed by atoms with Gasteiger partial charge in [0.15, 0.2) is 5.96 Å². The summed E-state index contributed by atoms with van der Waals surface area (Å²) in [6, 6.07) is -4.18. The third-order valence-corrected chi connectivity index (χ3v) is 4.42. The number of amides is 3. The lowest BCUT2D eigenvalue weighted by Gasteiger charge is -2.23. The molecule has 0 saturated heterocycles. The van der Waals surface area contributed by atoms with E-state index >= 15 is 0 Å². The van der Waals surface area contributed by atoms with Gasteiger partial charge >= 0.3 is 5.97 Å². The lowest BCUT2D eigenvalue weighted by atomic mass is 10.1. The molecule has 0 heterocycles. The summed E-state index contributed by atoms with van der Waals surface area (Å²) in [4.78, 5) is 51.4. The van der Waals surface area contributed by atoms with E-state index in [0.29, 0.717) is 6.42 Å². The first kappa shape index (κ1) is 26.8. The highest BCUT2D eigenvalue weighted by molar-refractivity contribution is 7.80. The lowest BCUT2D eigenvalue weighted by molar-refractivity contribution is -0.141. The quantitative estimate of drug-likeness (QED) is 0.0599. The van der Waals surface area contributed by atoms with E-state index < -0.39 is 47.9 Å². The highest BCUT2D eigenvalue weighted by Gasteiger charge is 2.27. The van der Waals surface area contributed by atoms with Crippen molar-refractivity contribution in [3.8, 4) is 0 Å². The molecule has 0 aromatic carbocycles. The molecule has 12 nitrogen and oxygen atoms in total. The van der Waals surface area contributed by atoms with Gasteiger partial charge in [0.25, 0.3) is 0 Å². The predicted octanol–water partition coefficient (Wildman–Crippen LogP) is -3.21. The second-order valence-corrected chi connectivity index (χ2v) is 6.84. The van der Waals surface area contributed by atoms with E-state index in [1.807, 2.05) is 0 Å². The smallest absolute Gasteiger partial charge is 0.327 e.